The van der Waals surface area contributed by atoms with Gasteiger partial charge in [0.2, 0.25) is 0 Å². The van der Waals surface area contributed by atoms with Crippen molar-refractivity contribution in [3.63, 3.8) is 0 Å². The lowest BCUT2D eigenvalue weighted by atomic mass is 9.94. The van der Waals surface area contributed by atoms with Crippen molar-refractivity contribution in [1.82, 2.24) is 5.32 Å². The lowest BCUT2D eigenvalue weighted by Gasteiger charge is -2.26. The summed E-state index contributed by atoms with van der Waals surface area (Å²) in [6.07, 6.45) is 1.38. The molecule has 1 amide bonds. The minimum atomic E-state index is -1.11. The molecule has 3 N–H and O–H groups in total. The van der Waals surface area contributed by atoms with E-state index in [1.807, 2.05) is 13.8 Å². The van der Waals surface area contributed by atoms with Crippen molar-refractivity contribution in [2.45, 2.75) is 32.2 Å². The SMILES string of the molecule is CCC(N)(CC)CNC(=O)c1cc(F)c(F)cc1Cl.Cl. The summed E-state index contributed by atoms with van der Waals surface area (Å²) in [7, 11) is 0. The van der Waals surface area contributed by atoms with E-state index in [1.165, 1.54) is 0 Å². The number of nitrogens with two attached hydrogens (primary N) is 1. The molecule has 3 nitrogen and oxygen atoms in total. The molecule has 0 unspecified atom stereocenters. The quantitative estimate of drug-likeness (QED) is 0.816. The van der Waals surface area contributed by atoms with Crippen LogP contribution >= 0.6 is 24.0 Å². The van der Waals surface area contributed by atoms with E-state index in [4.69, 9.17) is 17.3 Å². The molecule has 1 rings (SSSR count). The number of carbonyl (C=O) groups excluding carboxylic acids is 1. The summed E-state index contributed by atoms with van der Waals surface area (Å²) in [5.41, 5.74) is 5.42. The molecule has 20 heavy (non-hydrogen) atoms. The molecule has 0 fully saturated rings. The van der Waals surface area contributed by atoms with Gasteiger partial charge in [0.05, 0.1) is 10.6 Å². The number of rotatable bonds is 5. The minimum Gasteiger partial charge on any atom is -0.350 e. The Balaban J connectivity index is 0.00000361. The largest absolute Gasteiger partial charge is 0.350 e. The average Bonchev–Trinajstić information content (AvgIpc) is 2.39. The van der Waals surface area contributed by atoms with Crippen LogP contribution in [0, 0.1) is 11.6 Å². The van der Waals surface area contributed by atoms with Crippen molar-refractivity contribution < 1.29 is 13.6 Å². The monoisotopic (exact) mass is 326 g/mol. The third-order valence-corrected chi connectivity index (χ3v) is 3.58. The van der Waals surface area contributed by atoms with Gasteiger partial charge in [-0.15, -0.1) is 12.4 Å². The van der Waals surface area contributed by atoms with Crippen molar-refractivity contribution in [3.8, 4) is 0 Å². The maximum Gasteiger partial charge on any atom is 0.252 e. The standard InChI is InChI=1S/C13H17ClF2N2O.ClH/c1-3-13(17,4-2)7-18-12(19)8-5-10(15)11(16)6-9(8)14;/h5-6H,3-4,7,17H2,1-2H3,(H,18,19);1H. The van der Waals surface area contributed by atoms with Gasteiger partial charge in [-0.1, -0.05) is 25.4 Å². The number of benzene rings is 1. The van der Waals surface area contributed by atoms with Crippen molar-refractivity contribution >= 4 is 29.9 Å². The molecule has 1 aromatic carbocycles. The van der Waals surface area contributed by atoms with Gasteiger partial charge in [-0.3, -0.25) is 4.79 Å². The van der Waals surface area contributed by atoms with Crippen LogP contribution in [-0.2, 0) is 0 Å². The second-order valence-corrected chi connectivity index (χ2v) is 4.91. The van der Waals surface area contributed by atoms with E-state index in [0.717, 1.165) is 12.1 Å². The lowest BCUT2D eigenvalue weighted by Crippen LogP contribution is -2.49. The van der Waals surface area contributed by atoms with E-state index >= 15 is 0 Å². The Morgan fingerprint density at radius 2 is 1.80 bits per heavy atom. The highest BCUT2D eigenvalue weighted by molar-refractivity contribution is 6.33. The number of carbonyl (C=O) groups is 1. The number of hydrogen-bond acceptors (Lipinski definition) is 2. The van der Waals surface area contributed by atoms with E-state index in [1.54, 1.807) is 0 Å². The van der Waals surface area contributed by atoms with Crippen LogP contribution in [0.5, 0.6) is 0 Å². The summed E-state index contributed by atoms with van der Waals surface area (Å²) >= 11 is 5.72. The predicted octanol–water partition coefficient (Wildman–Crippen LogP) is 3.29. The Hall–Kier alpha value is -0.910. The first-order chi connectivity index (χ1) is 8.83. The Kier molecular flexibility index (Phi) is 7.41. The fraction of sp³-hybridized carbons (Fsp3) is 0.462. The van der Waals surface area contributed by atoms with Gasteiger partial charge < -0.3 is 11.1 Å². The molecule has 0 aromatic heterocycles. The lowest BCUT2D eigenvalue weighted by molar-refractivity contribution is 0.0941. The Labute approximate surface area is 128 Å². The molecule has 0 radical (unpaired) electrons. The third-order valence-electron chi connectivity index (χ3n) is 3.26. The van der Waals surface area contributed by atoms with Crippen LogP contribution in [0.1, 0.15) is 37.0 Å². The molecule has 0 saturated heterocycles. The van der Waals surface area contributed by atoms with Crippen LogP contribution in [0.2, 0.25) is 5.02 Å². The van der Waals surface area contributed by atoms with Gasteiger partial charge in [0.1, 0.15) is 0 Å². The van der Waals surface area contributed by atoms with Crippen LogP contribution < -0.4 is 11.1 Å². The summed E-state index contributed by atoms with van der Waals surface area (Å²) in [5.74, 6) is -2.77. The van der Waals surface area contributed by atoms with Gasteiger partial charge in [-0.05, 0) is 25.0 Å². The van der Waals surface area contributed by atoms with E-state index < -0.39 is 23.1 Å². The molecule has 1 aromatic rings. The van der Waals surface area contributed by atoms with E-state index in [2.05, 4.69) is 5.32 Å². The van der Waals surface area contributed by atoms with Gasteiger partial charge in [0.25, 0.3) is 5.91 Å². The topological polar surface area (TPSA) is 55.1 Å². The maximum atomic E-state index is 13.1. The molecule has 0 aliphatic heterocycles. The van der Waals surface area contributed by atoms with Crippen LogP contribution in [0.25, 0.3) is 0 Å². The highest BCUT2D eigenvalue weighted by atomic mass is 35.5. The van der Waals surface area contributed by atoms with Crippen LogP contribution in [0.3, 0.4) is 0 Å². The highest BCUT2D eigenvalue weighted by Crippen LogP contribution is 2.20. The van der Waals surface area contributed by atoms with Crippen LogP contribution in [0.15, 0.2) is 12.1 Å². The van der Waals surface area contributed by atoms with Crippen molar-refractivity contribution in [2.75, 3.05) is 6.54 Å². The summed E-state index contributed by atoms with van der Waals surface area (Å²) in [6, 6.07) is 1.56. The zero-order valence-corrected chi connectivity index (χ0v) is 12.9. The third kappa shape index (κ3) is 4.58. The summed E-state index contributed by atoms with van der Waals surface area (Å²) in [6.45, 7) is 4.08. The Bertz CT molecular complexity index is 480. The molecule has 0 spiro atoms. The van der Waals surface area contributed by atoms with Gasteiger partial charge in [0, 0.05) is 12.1 Å². The molecule has 0 aliphatic rings. The second-order valence-electron chi connectivity index (χ2n) is 4.50. The van der Waals surface area contributed by atoms with E-state index in [9.17, 15) is 13.6 Å². The van der Waals surface area contributed by atoms with Gasteiger partial charge in [-0.2, -0.15) is 0 Å². The van der Waals surface area contributed by atoms with Gasteiger partial charge >= 0.3 is 0 Å². The second kappa shape index (κ2) is 7.76. The van der Waals surface area contributed by atoms with Crippen LogP contribution in [0.4, 0.5) is 8.78 Å². The molecule has 0 aliphatic carbocycles. The Morgan fingerprint density at radius 3 is 2.30 bits per heavy atom. The molecular weight excluding hydrogens is 309 g/mol. The van der Waals surface area contributed by atoms with E-state index in [0.29, 0.717) is 12.8 Å². The van der Waals surface area contributed by atoms with Crippen molar-refractivity contribution in [2.24, 2.45) is 5.73 Å². The first kappa shape index (κ1) is 19.1. The zero-order chi connectivity index (χ0) is 14.6. The van der Waals surface area contributed by atoms with Gasteiger partial charge in [0.15, 0.2) is 11.6 Å². The molecule has 0 heterocycles. The first-order valence-corrected chi connectivity index (χ1v) is 6.42. The number of amides is 1. The summed E-state index contributed by atoms with van der Waals surface area (Å²) in [4.78, 5) is 11.9. The molecular formula is C13H18Cl2F2N2O. The van der Waals surface area contributed by atoms with Crippen molar-refractivity contribution in [3.05, 3.63) is 34.4 Å². The minimum absolute atomic E-state index is 0. The maximum absolute atomic E-state index is 13.1. The summed E-state index contributed by atoms with van der Waals surface area (Å²) in [5, 5.41) is 2.46. The molecule has 114 valence electrons. The fourth-order valence-corrected chi connectivity index (χ4v) is 1.78. The number of hydrogen-bond donors (Lipinski definition) is 2. The smallest absolute Gasteiger partial charge is 0.252 e. The zero-order valence-electron chi connectivity index (χ0n) is 11.3. The van der Waals surface area contributed by atoms with Crippen molar-refractivity contribution in [1.29, 1.82) is 0 Å². The predicted molar refractivity (Wildman–Crippen MR) is 78.4 cm³/mol. The molecule has 0 saturated carbocycles. The fourth-order valence-electron chi connectivity index (χ4n) is 1.55. The molecule has 0 atom stereocenters. The molecule has 0 bridgehead atoms. The number of halogens is 4. The summed E-state index contributed by atoms with van der Waals surface area (Å²) < 4.78 is 26.0. The Morgan fingerprint density at radius 1 is 1.30 bits per heavy atom. The van der Waals surface area contributed by atoms with Gasteiger partial charge in [-0.25, -0.2) is 8.78 Å². The average molecular weight is 327 g/mol. The normalized spacial score (nSPS) is 10.9. The highest BCUT2D eigenvalue weighted by Gasteiger charge is 2.22. The molecule has 7 heteroatoms. The first-order valence-electron chi connectivity index (χ1n) is 6.04. The number of nitrogens with one attached hydrogen (secondary N) is 1. The van der Waals surface area contributed by atoms with E-state index in [-0.39, 0.29) is 29.5 Å². The van der Waals surface area contributed by atoms with Crippen LogP contribution in [-0.4, -0.2) is 18.0 Å².